The van der Waals surface area contributed by atoms with Gasteiger partial charge in [-0.2, -0.15) is 0 Å². The van der Waals surface area contributed by atoms with E-state index in [2.05, 4.69) is 71.9 Å². The molecule has 0 amide bonds. The molecule has 1 heterocycles. The molecule has 0 saturated heterocycles. The van der Waals surface area contributed by atoms with E-state index < -0.39 is 0 Å². The van der Waals surface area contributed by atoms with Crippen LogP contribution in [0.4, 0.5) is 0 Å². The summed E-state index contributed by atoms with van der Waals surface area (Å²) in [4.78, 5) is 0. The number of benzene rings is 2. The molecular weight excluding hydrogens is 280 g/mol. The molecule has 0 saturated carbocycles. The minimum atomic E-state index is 0.237. The van der Waals surface area contributed by atoms with Crippen molar-refractivity contribution in [1.29, 1.82) is 0 Å². The molecule has 3 aromatic rings. The fourth-order valence-electron chi connectivity index (χ4n) is 3.50. The van der Waals surface area contributed by atoms with Gasteiger partial charge < -0.3 is 4.42 Å². The van der Waals surface area contributed by atoms with Crippen LogP contribution < -0.4 is 0 Å². The summed E-state index contributed by atoms with van der Waals surface area (Å²) in [5.41, 5.74) is 3.93. The number of para-hydroxylation sites is 1. The van der Waals surface area contributed by atoms with Gasteiger partial charge in [-0.3, -0.25) is 0 Å². The van der Waals surface area contributed by atoms with Crippen LogP contribution in [0.15, 0.2) is 46.9 Å². The van der Waals surface area contributed by atoms with Crippen molar-refractivity contribution in [3.63, 3.8) is 0 Å². The Bertz CT molecular complexity index is 824. The van der Waals surface area contributed by atoms with Crippen molar-refractivity contribution in [1.82, 2.24) is 0 Å². The highest BCUT2D eigenvalue weighted by molar-refractivity contribution is 6.05. The Morgan fingerprint density at radius 3 is 2.13 bits per heavy atom. The van der Waals surface area contributed by atoms with E-state index in [1.165, 1.54) is 22.8 Å². The quantitative estimate of drug-likeness (QED) is 0.490. The molecule has 1 unspecified atom stereocenters. The predicted molar refractivity (Wildman–Crippen MR) is 100.0 cm³/mol. The molecule has 3 rings (SSSR count). The first-order valence-electron chi connectivity index (χ1n) is 8.56. The Morgan fingerprint density at radius 2 is 1.48 bits per heavy atom. The van der Waals surface area contributed by atoms with E-state index in [1.807, 2.05) is 12.1 Å². The largest absolute Gasteiger partial charge is 0.456 e. The van der Waals surface area contributed by atoms with Gasteiger partial charge in [0.2, 0.25) is 0 Å². The second-order valence-corrected chi connectivity index (χ2v) is 9.04. The van der Waals surface area contributed by atoms with Gasteiger partial charge >= 0.3 is 0 Å². The first-order valence-corrected chi connectivity index (χ1v) is 8.56. The fourth-order valence-corrected chi connectivity index (χ4v) is 3.50. The van der Waals surface area contributed by atoms with Crippen molar-refractivity contribution < 1.29 is 4.42 Å². The van der Waals surface area contributed by atoms with Crippen molar-refractivity contribution in [2.24, 2.45) is 10.8 Å². The van der Waals surface area contributed by atoms with Gasteiger partial charge in [-0.25, -0.2) is 0 Å². The Labute approximate surface area is 139 Å². The second kappa shape index (κ2) is 5.40. The smallest absolute Gasteiger partial charge is 0.135 e. The third-order valence-corrected chi connectivity index (χ3v) is 4.67. The van der Waals surface area contributed by atoms with Crippen molar-refractivity contribution in [2.45, 2.75) is 53.9 Å². The summed E-state index contributed by atoms with van der Waals surface area (Å²) in [5.74, 6) is 0.528. The SMILES string of the molecule is CC(C)(C)CC(c1ccc2oc3ccccc3c2c1)C(C)(C)C. The first kappa shape index (κ1) is 16.1. The molecule has 0 aliphatic heterocycles. The summed E-state index contributed by atoms with van der Waals surface area (Å²) >= 11 is 0. The van der Waals surface area contributed by atoms with Crippen LogP contribution in [0.3, 0.4) is 0 Å². The lowest BCUT2D eigenvalue weighted by Crippen LogP contribution is -2.23. The first-order chi connectivity index (χ1) is 10.6. The molecule has 0 bridgehead atoms. The van der Waals surface area contributed by atoms with Crippen LogP contribution in [-0.4, -0.2) is 0 Å². The zero-order valence-corrected chi connectivity index (χ0v) is 15.2. The zero-order valence-electron chi connectivity index (χ0n) is 15.2. The molecule has 0 aliphatic rings. The van der Waals surface area contributed by atoms with E-state index in [0.717, 1.165) is 11.2 Å². The Kier molecular flexibility index (Phi) is 3.78. The third kappa shape index (κ3) is 3.29. The average molecular weight is 308 g/mol. The third-order valence-electron chi connectivity index (χ3n) is 4.67. The number of furan rings is 1. The summed E-state index contributed by atoms with van der Waals surface area (Å²) in [5, 5.41) is 2.45. The number of fused-ring (bicyclic) bond motifs is 3. The van der Waals surface area contributed by atoms with Crippen molar-refractivity contribution >= 4 is 21.9 Å². The predicted octanol–water partition coefficient (Wildman–Crippen LogP) is 7.15. The Morgan fingerprint density at radius 1 is 0.826 bits per heavy atom. The molecule has 1 aromatic heterocycles. The number of rotatable bonds is 2. The monoisotopic (exact) mass is 308 g/mol. The van der Waals surface area contributed by atoms with Crippen LogP contribution in [0.5, 0.6) is 0 Å². The summed E-state index contributed by atoms with van der Waals surface area (Å²) in [6.45, 7) is 14.0. The van der Waals surface area contributed by atoms with E-state index in [9.17, 15) is 0 Å². The van der Waals surface area contributed by atoms with E-state index in [0.29, 0.717) is 11.3 Å². The van der Waals surface area contributed by atoms with Gasteiger partial charge in [0, 0.05) is 10.8 Å². The lowest BCUT2D eigenvalue weighted by Gasteiger charge is -2.36. The highest BCUT2D eigenvalue weighted by Gasteiger charge is 2.30. The molecule has 23 heavy (non-hydrogen) atoms. The van der Waals surface area contributed by atoms with Crippen LogP contribution in [0.25, 0.3) is 21.9 Å². The molecular formula is C22H28O. The summed E-state index contributed by atoms with van der Waals surface area (Å²) < 4.78 is 5.97. The summed E-state index contributed by atoms with van der Waals surface area (Å²) in [7, 11) is 0. The molecule has 0 fully saturated rings. The van der Waals surface area contributed by atoms with Crippen LogP contribution in [0.2, 0.25) is 0 Å². The van der Waals surface area contributed by atoms with Gasteiger partial charge in [-0.15, -0.1) is 0 Å². The van der Waals surface area contributed by atoms with Gasteiger partial charge in [-0.1, -0.05) is 65.8 Å². The standard InChI is InChI=1S/C22H28O/c1-21(2,3)14-18(22(4,5)6)15-11-12-20-17(13-15)16-9-7-8-10-19(16)23-20/h7-13,18H,14H2,1-6H3. The zero-order chi connectivity index (χ0) is 16.8. The number of hydrogen-bond donors (Lipinski definition) is 0. The summed E-state index contributed by atoms with van der Waals surface area (Å²) in [6.07, 6.45) is 1.18. The average Bonchev–Trinajstić information content (AvgIpc) is 2.80. The van der Waals surface area contributed by atoms with Gasteiger partial charge in [-0.05, 0) is 46.9 Å². The number of hydrogen-bond acceptors (Lipinski definition) is 1. The molecule has 122 valence electrons. The summed E-state index contributed by atoms with van der Waals surface area (Å²) in [6, 6.07) is 15.1. The van der Waals surface area contributed by atoms with Crippen LogP contribution in [0, 0.1) is 10.8 Å². The van der Waals surface area contributed by atoms with Crippen LogP contribution in [0.1, 0.15) is 59.4 Å². The van der Waals surface area contributed by atoms with Gasteiger partial charge in [0.25, 0.3) is 0 Å². The lowest BCUT2D eigenvalue weighted by atomic mass is 9.69. The lowest BCUT2D eigenvalue weighted by molar-refractivity contribution is 0.229. The molecule has 0 aliphatic carbocycles. The van der Waals surface area contributed by atoms with Crippen molar-refractivity contribution in [2.75, 3.05) is 0 Å². The van der Waals surface area contributed by atoms with E-state index in [-0.39, 0.29) is 5.41 Å². The van der Waals surface area contributed by atoms with Crippen LogP contribution >= 0.6 is 0 Å². The molecule has 2 aromatic carbocycles. The van der Waals surface area contributed by atoms with Gasteiger partial charge in [0.15, 0.2) is 0 Å². The Hall–Kier alpha value is -1.76. The molecule has 0 radical (unpaired) electrons. The van der Waals surface area contributed by atoms with E-state index >= 15 is 0 Å². The minimum Gasteiger partial charge on any atom is -0.456 e. The highest BCUT2D eigenvalue weighted by atomic mass is 16.3. The molecule has 0 N–H and O–H groups in total. The maximum absolute atomic E-state index is 5.97. The molecule has 0 spiro atoms. The molecule has 1 nitrogen and oxygen atoms in total. The van der Waals surface area contributed by atoms with Crippen LogP contribution in [-0.2, 0) is 0 Å². The van der Waals surface area contributed by atoms with E-state index in [4.69, 9.17) is 4.42 Å². The topological polar surface area (TPSA) is 13.1 Å². The molecule has 1 heteroatoms. The second-order valence-electron chi connectivity index (χ2n) is 9.04. The molecule has 1 atom stereocenters. The van der Waals surface area contributed by atoms with E-state index in [1.54, 1.807) is 0 Å². The maximum atomic E-state index is 5.97. The van der Waals surface area contributed by atoms with Crippen molar-refractivity contribution in [3.05, 3.63) is 48.0 Å². The minimum absolute atomic E-state index is 0.237. The van der Waals surface area contributed by atoms with Gasteiger partial charge in [0.05, 0.1) is 0 Å². The van der Waals surface area contributed by atoms with Gasteiger partial charge in [0.1, 0.15) is 11.2 Å². The highest BCUT2D eigenvalue weighted by Crippen LogP contribution is 2.44. The Balaban J connectivity index is 2.14. The maximum Gasteiger partial charge on any atom is 0.135 e. The fraction of sp³-hybridized carbons (Fsp3) is 0.455. The normalized spacial score (nSPS) is 14.5. The van der Waals surface area contributed by atoms with Crippen molar-refractivity contribution in [3.8, 4) is 0 Å².